The Kier molecular flexibility index (Phi) is 17.9. The molecule has 1 saturated carbocycles. The van der Waals surface area contributed by atoms with Gasteiger partial charge in [0.05, 0.1) is 0 Å². The van der Waals surface area contributed by atoms with Gasteiger partial charge in [0.2, 0.25) is 6.17 Å². The number of rotatable bonds is 18. The van der Waals surface area contributed by atoms with Crippen molar-refractivity contribution in [2.45, 2.75) is 144 Å². The highest BCUT2D eigenvalue weighted by Crippen LogP contribution is 2.74. The summed E-state index contributed by atoms with van der Waals surface area (Å²) in [4.78, 5) is 35.2. The second-order valence-electron chi connectivity index (χ2n) is 14.7. The molecule has 0 aromatic rings. The van der Waals surface area contributed by atoms with Crippen molar-refractivity contribution in [2.75, 3.05) is 0 Å². The van der Waals surface area contributed by atoms with Crippen LogP contribution in [0.1, 0.15) is 0 Å². The van der Waals surface area contributed by atoms with Crippen LogP contribution in [0.3, 0.4) is 0 Å². The van der Waals surface area contributed by atoms with E-state index in [0.717, 1.165) is 28.4 Å². The van der Waals surface area contributed by atoms with E-state index in [1.807, 2.05) is 0 Å². The van der Waals surface area contributed by atoms with E-state index < -0.39 is 162 Å². The van der Waals surface area contributed by atoms with Gasteiger partial charge in [0.25, 0.3) is 0 Å². The summed E-state index contributed by atoms with van der Waals surface area (Å²) in [5, 5.41) is 0. The summed E-state index contributed by atoms with van der Waals surface area (Å²) in [6.07, 6.45) is -118. The topological polar surface area (TPSA) is 107 Å². The third kappa shape index (κ3) is 10.6. The summed E-state index contributed by atoms with van der Waals surface area (Å²) < 4.78 is 661. The summed E-state index contributed by atoms with van der Waals surface area (Å²) in [5.74, 6) is -94.0. The van der Waals surface area contributed by atoms with Crippen LogP contribution in [0.2, 0.25) is 0 Å². The summed E-state index contributed by atoms with van der Waals surface area (Å²) in [5.41, 5.74) is -31.7. The molecule has 5 unspecified atom stereocenters. The Morgan fingerprint density at radius 2 is 0.446 bits per heavy atom. The largest absolute Gasteiger partial charge is 0.462 e. The average molecular weight is 1360 g/mol. The first-order valence-corrected chi connectivity index (χ1v) is 17.3. The van der Waals surface area contributed by atoms with Crippen molar-refractivity contribution in [1.29, 1.82) is 0 Å². The lowest BCUT2D eigenvalue weighted by atomic mass is 9.61. The molecule has 1 aliphatic carbocycles. The Bertz CT molecular complexity index is 2310. The molecule has 0 heterocycles. The molecule has 1 fully saturated rings. The number of carbonyl (C=O) groups is 3. The zero-order valence-corrected chi connectivity index (χ0v) is 35.0. The normalized spacial score (nSPS) is 25.8. The minimum atomic E-state index is -10.9. The maximum atomic E-state index is 16.2. The first-order valence-electron chi connectivity index (χ1n) is 17.3. The van der Waals surface area contributed by atoms with E-state index >= 15 is 61.5 Å². The van der Waals surface area contributed by atoms with Crippen LogP contribution in [0.25, 0.3) is 0 Å². The van der Waals surface area contributed by atoms with Gasteiger partial charge in [-0.05, 0) is 0 Å². The van der Waals surface area contributed by atoms with Crippen molar-refractivity contribution in [3.63, 3.8) is 0 Å². The third-order valence-electron chi connectivity index (χ3n) is 9.24. The molecule has 0 saturated heterocycles. The van der Waals surface area contributed by atoms with Gasteiger partial charge < -0.3 is 14.2 Å². The number of alkyl halides is 47. The molecule has 1 aliphatic rings. The molecule has 0 N–H and O–H groups in total. The van der Waals surface area contributed by atoms with E-state index in [1.165, 1.54) is 0 Å². The quantitative estimate of drug-likeness (QED) is 0.0753. The third-order valence-corrected chi connectivity index (χ3v) is 9.24. The zero-order chi connectivity index (χ0) is 68.1. The highest BCUT2D eigenvalue weighted by atomic mass is 19.5. The molecule has 0 aromatic heterocycles. The Labute approximate surface area is 412 Å². The summed E-state index contributed by atoms with van der Waals surface area (Å²) in [7, 11) is 0. The fraction of sp³-hybridized carbons (Fsp3) is 0.889. The Morgan fingerprint density at radius 1 is 0.277 bits per heavy atom. The maximum absolute atomic E-state index is 16.2. The van der Waals surface area contributed by atoms with E-state index in [-0.39, 0.29) is 0 Å². The van der Waals surface area contributed by atoms with Gasteiger partial charge in [-0.25, -0.2) is 31.9 Å². The first kappa shape index (κ1) is 76.0. The Balaban J connectivity index is 4.93. The molecular formula is C27HF47O9. The summed E-state index contributed by atoms with van der Waals surface area (Å²) >= 11 is 0. The van der Waals surface area contributed by atoms with Gasteiger partial charge in [-0.2, -0.15) is 189 Å². The average Bonchev–Trinajstić information content (AvgIpc) is 3.20. The molecule has 0 aliphatic heterocycles. The molecular weight excluding hydrogens is 1360 g/mol. The van der Waals surface area contributed by atoms with Crippen molar-refractivity contribution < 1.29 is 249 Å². The molecule has 0 amide bonds. The van der Waals surface area contributed by atoms with Crippen LogP contribution in [0.5, 0.6) is 0 Å². The molecule has 56 heteroatoms. The van der Waals surface area contributed by atoms with E-state index in [1.54, 1.807) is 0 Å². The summed E-state index contributed by atoms with van der Waals surface area (Å²) in [6.45, 7) is 0. The van der Waals surface area contributed by atoms with Crippen molar-refractivity contribution in [3.8, 4) is 0 Å². The number of carbonyl (C=O) groups excluding carboxylic acids is 3. The first-order chi connectivity index (χ1) is 35.2. The molecule has 1 rings (SSSR count). The van der Waals surface area contributed by atoms with Gasteiger partial charge in [-0.1, -0.05) is 0 Å². The second kappa shape index (κ2) is 19.5. The van der Waals surface area contributed by atoms with Crippen LogP contribution >= 0.6 is 0 Å². The van der Waals surface area contributed by atoms with Gasteiger partial charge in [-0.15, -0.1) is 0 Å². The zero-order valence-electron chi connectivity index (χ0n) is 35.0. The van der Waals surface area contributed by atoms with Gasteiger partial charge in [0.1, 0.15) is 0 Å². The monoisotopic (exact) mass is 1360 g/mol. The smallest absolute Gasteiger partial charge is 0.394 e. The number of ether oxygens (including phenoxy) is 6. The number of hydrogen-bond donors (Lipinski definition) is 0. The molecule has 0 bridgehead atoms. The Hall–Kier alpha value is -5.00. The molecule has 492 valence electrons. The minimum absolute atomic E-state index is 0.907. The van der Waals surface area contributed by atoms with Crippen LogP contribution in [0.4, 0.5) is 206 Å². The number of halogens is 47. The predicted molar refractivity (Wildman–Crippen MR) is 140 cm³/mol. The van der Waals surface area contributed by atoms with Crippen molar-refractivity contribution in [3.05, 3.63) is 0 Å². The highest BCUT2D eigenvalue weighted by molar-refractivity contribution is 5.80. The maximum Gasteiger partial charge on any atom is 0.462 e. The van der Waals surface area contributed by atoms with Crippen LogP contribution in [0.15, 0.2) is 0 Å². The second-order valence-corrected chi connectivity index (χ2v) is 14.7. The van der Waals surface area contributed by atoms with Gasteiger partial charge in [0.15, 0.2) is 0 Å². The Morgan fingerprint density at radius 3 is 0.602 bits per heavy atom. The number of hydrogen-bond acceptors (Lipinski definition) is 9. The lowest BCUT2D eigenvalue weighted by Gasteiger charge is -2.57. The highest BCUT2D eigenvalue weighted by Gasteiger charge is 3.07. The summed E-state index contributed by atoms with van der Waals surface area (Å²) in [6, 6.07) is 0. The SMILES string of the molecule is O=C(OC(F)(F)C1(F)C(F)C(F)(C(F)(F)OC(=O)C(F)(OC(F)(F)C(F)(F)C(F)(F)F)C(F)(F)F)C(F)(F)C(F)(C(F)(F)OC(=O)C(F)(OC(F)(F)C(F)(F)C(F)(F)F)C(F)(F)F)C1(F)F)C(F)(OC(F)(F)C(F)(F)C(F)(F)F)C(F)(F)F. The molecule has 0 spiro atoms. The molecule has 0 aromatic carbocycles. The standard InChI is InChI=1S/C27HF47O9/c28-1-5(29,22(63,64)78-2(75)7(31,16(45,46)47)81-25(69,70)13(39,40)19(54,55)56)11(35,36)10(34,24(67,68)80-4(77)9(33,18(51,52)53)83-27(73,74)15(43,44)21(60,61)62)12(37,38)6(1,30)23(65,66)79-3(76)8(32,17(48,49)50)82-26(71,72)14(41,42)20(57,58)59/h1H. The van der Waals surface area contributed by atoms with Crippen molar-refractivity contribution in [1.82, 2.24) is 0 Å². The molecule has 0 radical (unpaired) electrons. The predicted octanol–water partition coefficient (Wildman–Crippen LogP) is 13.2. The van der Waals surface area contributed by atoms with E-state index in [4.69, 9.17) is 0 Å². The van der Waals surface area contributed by atoms with E-state index in [9.17, 15) is 159 Å². The van der Waals surface area contributed by atoms with Crippen molar-refractivity contribution >= 4 is 17.9 Å². The van der Waals surface area contributed by atoms with E-state index in [2.05, 4.69) is 0 Å². The fourth-order valence-corrected chi connectivity index (χ4v) is 4.94. The van der Waals surface area contributed by atoms with Gasteiger partial charge >= 0.3 is 156 Å². The fourth-order valence-electron chi connectivity index (χ4n) is 4.94. The van der Waals surface area contributed by atoms with Gasteiger partial charge in [-0.3, -0.25) is 14.2 Å². The lowest BCUT2D eigenvalue weighted by molar-refractivity contribution is -0.518. The van der Waals surface area contributed by atoms with Crippen LogP contribution in [0, 0.1) is 0 Å². The van der Waals surface area contributed by atoms with Crippen LogP contribution in [-0.2, 0) is 42.8 Å². The van der Waals surface area contributed by atoms with E-state index in [0.29, 0.717) is 0 Å². The lowest BCUT2D eigenvalue weighted by Crippen LogP contribution is -2.92. The molecule has 9 nitrogen and oxygen atoms in total. The minimum Gasteiger partial charge on any atom is -0.394 e. The van der Waals surface area contributed by atoms with Crippen LogP contribution < -0.4 is 0 Å². The van der Waals surface area contributed by atoms with Crippen molar-refractivity contribution in [2.24, 2.45) is 0 Å². The molecule has 5 atom stereocenters. The number of esters is 3. The van der Waals surface area contributed by atoms with Crippen LogP contribution in [-0.4, -0.2) is 162 Å². The van der Waals surface area contributed by atoms with Gasteiger partial charge in [0, 0.05) is 0 Å². The molecule has 83 heavy (non-hydrogen) atoms.